The summed E-state index contributed by atoms with van der Waals surface area (Å²) in [4.78, 5) is 40.9. The van der Waals surface area contributed by atoms with Crippen molar-refractivity contribution in [2.24, 2.45) is 11.8 Å². The molecule has 6 nitrogen and oxygen atoms in total. The summed E-state index contributed by atoms with van der Waals surface area (Å²) in [6.07, 6.45) is 6.93. The number of hydrogen-bond acceptors (Lipinski definition) is 3. The smallest absolute Gasteiger partial charge is 0.244 e. The molecule has 0 radical (unpaired) electrons. The predicted octanol–water partition coefficient (Wildman–Crippen LogP) is 1.15. The van der Waals surface area contributed by atoms with Crippen LogP contribution < -0.4 is 5.32 Å². The first kappa shape index (κ1) is 17.2. The van der Waals surface area contributed by atoms with Gasteiger partial charge in [-0.05, 0) is 51.9 Å². The van der Waals surface area contributed by atoms with Crippen LogP contribution in [0.2, 0.25) is 0 Å². The van der Waals surface area contributed by atoms with Crippen LogP contribution in [0.1, 0.15) is 51.9 Å². The Labute approximate surface area is 143 Å². The molecular weight excluding hydrogens is 306 g/mol. The first-order valence-electron chi connectivity index (χ1n) is 9.44. The Balaban J connectivity index is 1.49. The third-order valence-corrected chi connectivity index (χ3v) is 5.43. The fourth-order valence-electron chi connectivity index (χ4n) is 3.76. The number of rotatable bonds is 4. The van der Waals surface area contributed by atoms with Crippen LogP contribution in [0.4, 0.5) is 0 Å². The number of piperidine rings is 2. The molecule has 2 aliphatic heterocycles. The second kappa shape index (κ2) is 7.53. The molecule has 134 valence electrons. The molecule has 24 heavy (non-hydrogen) atoms. The van der Waals surface area contributed by atoms with Crippen molar-refractivity contribution in [2.75, 3.05) is 26.2 Å². The third-order valence-electron chi connectivity index (χ3n) is 5.43. The van der Waals surface area contributed by atoms with Crippen molar-refractivity contribution in [2.45, 2.75) is 57.9 Å². The number of carbonyl (C=O) groups is 3. The van der Waals surface area contributed by atoms with Crippen molar-refractivity contribution in [1.29, 1.82) is 0 Å². The summed E-state index contributed by atoms with van der Waals surface area (Å²) in [7, 11) is 0. The Hall–Kier alpha value is -1.59. The van der Waals surface area contributed by atoms with Crippen LogP contribution in [0, 0.1) is 11.8 Å². The molecular formula is C18H29N3O3. The highest BCUT2D eigenvalue weighted by Gasteiger charge is 2.37. The van der Waals surface area contributed by atoms with Gasteiger partial charge < -0.3 is 15.1 Å². The summed E-state index contributed by atoms with van der Waals surface area (Å²) in [6, 6.07) is -0.481. The summed E-state index contributed by atoms with van der Waals surface area (Å²) in [6.45, 7) is 4.64. The van der Waals surface area contributed by atoms with Crippen LogP contribution in [0.3, 0.4) is 0 Å². The zero-order chi connectivity index (χ0) is 17.1. The summed E-state index contributed by atoms with van der Waals surface area (Å²) in [5.74, 6) is 0.167. The van der Waals surface area contributed by atoms with Gasteiger partial charge in [0.2, 0.25) is 17.7 Å². The van der Waals surface area contributed by atoms with Gasteiger partial charge in [0.1, 0.15) is 6.04 Å². The van der Waals surface area contributed by atoms with E-state index < -0.39 is 6.04 Å². The van der Waals surface area contributed by atoms with E-state index in [1.807, 2.05) is 9.80 Å². The minimum absolute atomic E-state index is 0.0183. The number of carbonyl (C=O) groups excluding carboxylic acids is 3. The molecule has 0 unspecified atom stereocenters. The van der Waals surface area contributed by atoms with Crippen molar-refractivity contribution in [3.63, 3.8) is 0 Å². The average Bonchev–Trinajstić information content (AvgIpc) is 3.46. The standard InChI is InChI=1S/C18H29N3O3/c1-13(17(23)20-9-3-2-4-10-20)19-16(22)15-6-5-11-21(12-15)18(24)14-7-8-14/h13-15H,2-12H2,1H3,(H,19,22)/t13-,15+/m1/s1. The van der Waals surface area contributed by atoms with E-state index in [9.17, 15) is 14.4 Å². The molecule has 0 aromatic heterocycles. The number of nitrogens with one attached hydrogen (secondary N) is 1. The maximum absolute atomic E-state index is 12.5. The normalized spacial score (nSPS) is 26.0. The molecule has 3 aliphatic rings. The molecule has 0 aromatic carbocycles. The Morgan fingerprint density at radius 3 is 2.21 bits per heavy atom. The van der Waals surface area contributed by atoms with Gasteiger partial charge in [0, 0.05) is 32.1 Å². The van der Waals surface area contributed by atoms with Crippen LogP contribution >= 0.6 is 0 Å². The Bertz CT molecular complexity index is 498. The predicted molar refractivity (Wildman–Crippen MR) is 90.1 cm³/mol. The Morgan fingerprint density at radius 1 is 0.875 bits per heavy atom. The first-order chi connectivity index (χ1) is 11.6. The topological polar surface area (TPSA) is 69.7 Å². The molecule has 0 bridgehead atoms. The first-order valence-corrected chi connectivity index (χ1v) is 9.44. The lowest BCUT2D eigenvalue weighted by molar-refractivity contribution is -0.140. The van der Waals surface area contributed by atoms with E-state index in [0.717, 1.165) is 58.2 Å². The second-order valence-corrected chi connectivity index (χ2v) is 7.51. The van der Waals surface area contributed by atoms with Crippen LogP contribution in [-0.4, -0.2) is 59.7 Å². The van der Waals surface area contributed by atoms with Crippen molar-refractivity contribution >= 4 is 17.7 Å². The van der Waals surface area contributed by atoms with Crippen molar-refractivity contribution in [3.8, 4) is 0 Å². The molecule has 1 saturated carbocycles. The lowest BCUT2D eigenvalue weighted by atomic mass is 9.96. The number of amides is 3. The summed E-state index contributed by atoms with van der Waals surface area (Å²) in [5.41, 5.74) is 0. The van der Waals surface area contributed by atoms with Gasteiger partial charge in [-0.1, -0.05) is 0 Å². The van der Waals surface area contributed by atoms with E-state index in [-0.39, 0.29) is 29.6 Å². The van der Waals surface area contributed by atoms with Gasteiger partial charge in [-0.15, -0.1) is 0 Å². The lowest BCUT2D eigenvalue weighted by Gasteiger charge is -2.33. The van der Waals surface area contributed by atoms with Crippen LogP contribution in [0.5, 0.6) is 0 Å². The molecule has 3 rings (SSSR count). The zero-order valence-electron chi connectivity index (χ0n) is 14.6. The summed E-state index contributed by atoms with van der Waals surface area (Å²) in [5, 5.41) is 2.88. The molecule has 0 spiro atoms. The van der Waals surface area contributed by atoms with E-state index >= 15 is 0 Å². The highest BCUT2D eigenvalue weighted by Crippen LogP contribution is 2.32. The van der Waals surface area contributed by atoms with Crippen molar-refractivity contribution < 1.29 is 14.4 Å². The van der Waals surface area contributed by atoms with Gasteiger partial charge in [-0.3, -0.25) is 14.4 Å². The number of nitrogens with zero attached hydrogens (tertiary/aromatic N) is 2. The van der Waals surface area contributed by atoms with E-state index in [4.69, 9.17) is 0 Å². The minimum atomic E-state index is -0.481. The largest absolute Gasteiger partial charge is 0.344 e. The second-order valence-electron chi connectivity index (χ2n) is 7.51. The summed E-state index contributed by atoms with van der Waals surface area (Å²) < 4.78 is 0. The SMILES string of the molecule is C[C@@H](NC(=O)[C@H]1CCCN(C(=O)C2CC2)C1)C(=O)N1CCCCC1. The van der Waals surface area contributed by atoms with Crippen LogP contribution in [0.15, 0.2) is 0 Å². The van der Waals surface area contributed by atoms with E-state index in [2.05, 4.69) is 5.32 Å². The molecule has 1 N–H and O–H groups in total. The molecule has 2 heterocycles. The van der Waals surface area contributed by atoms with Gasteiger partial charge in [-0.25, -0.2) is 0 Å². The van der Waals surface area contributed by atoms with Gasteiger partial charge in [0.25, 0.3) is 0 Å². The highest BCUT2D eigenvalue weighted by atomic mass is 16.2. The molecule has 1 aliphatic carbocycles. The Morgan fingerprint density at radius 2 is 1.54 bits per heavy atom. The molecule has 6 heteroatoms. The molecule has 2 saturated heterocycles. The van der Waals surface area contributed by atoms with Gasteiger partial charge in [-0.2, -0.15) is 0 Å². The van der Waals surface area contributed by atoms with Gasteiger partial charge >= 0.3 is 0 Å². The number of hydrogen-bond donors (Lipinski definition) is 1. The highest BCUT2D eigenvalue weighted by molar-refractivity contribution is 5.89. The quantitative estimate of drug-likeness (QED) is 0.838. The molecule has 0 aromatic rings. The summed E-state index contributed by atoms with van der Waals surface area (Å²) >= 11 is 0. The van der Waals surface area contributed by atoms with Crippen LogP contribution in [-0.2, 0) is 14.4 Å². The average molecular weight is 335 g/mol. The Kier molecular flexibility index (Phi) is 5.41. The van der Waals surface area contributed by atoms with Crippen LogP contribution in [0.25, 0.3) is 0 Å². The van der Waals surface area contributed by atoms with Gasteiger partial charge in [0.15, 0.2) is 0 Å². The fourth-order valence-corrected chi connectivity index (χ4v) is 3.76. The van der Waals surface area contributed by atoms with E-state index in [0.29, 0.717) is 6.54 Å². The zero-order valence-corrected chi connectivity index (χ0v) is 14.6. The van der Waals surface area contributed by atoms with Gasteiger partial charge in [0.05, 0.1) is 5.92 Å². The number of likely N-dealkylation sites (tertiary alicyclic amines) is 2. The molecule has 2 atom stereocenters. The molecule has 3 fully saturated rings. The monoisotopic (exact) mass is 335 g/mol. The van der Waals surface area contributed by atoms with E-state index in [1.54, 1.807) is 6.92 Å². The minimum Gasteiger partial charge on any atom is -0.344 e. The maximum atomic E-state index is 12.5. The lowest BCUT2D eigenvalue weighted by Crippen LogP contribution is -2.52. The fraction of sp³-hybridized carbons (Fsp3) is 0.833. The maximum Gasteiger partial charge on any atom is 0.244 e. The molecule has 3 amide bonds. The van der Waals surface area contributed by atoms with Crippen molar-refractivity contribution in [1.82, 2.24) is 15.1 Å². The third kappa shape index (κ3) is 4.08. The van der Waals surface area contributed by atoms with Crippen molar-refractivity contribution in [3.05, 3.63) is 0 Å². The van der Waals surface area contributed by atoms with E-state index in [1.165, 1.54) is 6.42 Å².